The van der Waals surface area contributed by atoms with Gasteiger partial charge in [-0.2, -0.15) is 0 Å². The summed E-state index contributed by atoms with van der Waals surface area (Å²) in [6, 6.07) is 1.74. The van der Waals surface area contributed by atoms with Crippen LogP contribution >= 0.6 is 0 Å². The van der Waals surface area contributed by atoms with Crippen LogP contribution in [0.3, 0.4) is 0 Å². The van der Waals surface area contributed by atoms with Crippen LogP contribution in [0.4, 0.5) is 0 Å². The number of piperidine rings is 1. The van der Waals surface area contributed by atoms with E-state index in [2.05, 4.69) is 17.1 Å². The van der Waals surface area contributed by atoms with Crippen LogP contribution in [0.1, 0.15) is 58.3 Å². The molecule has 2 rings (SSSR count). The van der Waals surface area contributed by atoms with Crippen LogP contribution in [0.5, 0.6) is 0 Å². The first-order chi connectivity index (χ1) is 7.90. The van der Waals surface area contributed by atoms with Gasteiger partial charge in [0.05, 0.1) is 0 Å². The smallest absolute Gasteiger partial charge is 0.0111 e. The first-order valence-corrected chi connectivity index (χ1v) is 7.37. The van der Waals surface area contributed by atoms with Gasteiger partial charge in [0.25, 0.3) is 0 Å². The maximum atomic E-state index is 3.77. The molecular formula is C14H28N2. The lowest BCUT2D eigenvalue weighted by molar-refractivity contribution is 0.167. The molecule has 16 heavy (non-hydrogen) atoms. The van der Waals surface area contributed by atoms with E-state index in [1.54, 1.807) is 0 Å². The van der Waals surface area contributed by atoms with Crippen LogP contribution in [0.15, 0.2) is 0 Å². The van der Waals surface area contributed by atoms with Gasteiger partial charge in [0.2, 0.25) is 0 Å². The van der Waals surface area contributed by atoms with Gasteiger partial charge in [-0.05, 0) is 51.7 Å². The second-order valence-electron chi connectivity index (χ2n) is 5.57. The van der Waals surface area contributed by atoms with Crippen LogP contribution in [0.25, 0.3) is 0 Å². The fourth-order valence-corrected chi connectivity index (χ4v) is 3.27. The predicted octanol–water partition coefficient (Wildman–Crippen LogP) is 2.78. The van der Waals surface area contributed by atoms with Crippen molar-refractivity contribution in [1.82, 2.24) is 10.2 Å². The number of hydrogen-bond acceptors (Lipinski definition) is 2. The van der Waals surface area contributed by atoms with Crippen molar-refractivity contribution < 1.29 is 0 Å². The lowest BCUT2D eigenvalue weighted by Gasteiger charge is -2.35. The van der Waals surface area contributed by atoms with Crippen LogP contribution in [0.2, 0.25) is 0 Å². The average molecular weight is 224 g/mol. The quantitative estimate of drug-likeness (QED) is 0.698. The van der Waals surface area contributed by atoms with E-state index in [-0.39, 0.29) is 0 Å². The summed E-state index contributed by atoms with van der Waals surface area (Å²) in [5.41, 5.74) is 0. The SMILES string of the molecule is CCCCCCNC1CCN2CCCC2C1. The molecule has 2 atom stereocenters. The summed E-state index contributed by atoms with van der Waals surface area (Å²) >= 11 is 0. The molecule has 2 nitrogen and oxygen atoms in total. The number of hydrogen-bond donors (Lipinski definition) is 1. The van der Waals surface area contributed by atoms with Gasteiger partial charge in [-0.15, -0.1) is 0 Å². The van der Waals surface area contributed by atoms with Crippen LogP contribution in [-0.4, -0.2) is 36.6 Å². The first kappa shape index (κ1) is 12.4. The summed E-state index contributed by atoms with van der Waals surface area (Å²) in [6.07, 6.45) is 11.2. The van der Waals surface area contributed by atoms with E-state index in [0.717, 1.165) is 12.1 Å². The molecule has 0 bridgehead atoms. The molecular weight excluding hydrogens is 196 g/mol. The van der Waals surface area contributed by atoms with Gasteiger partial charge in [0.1, 0.15) is 0 Å². The molecule has 0 aliphatic carbocycles. The highest BCUT2D eigenvalue weighted by molar-refractivity contribution is 4.88. The van der Waals surface area contributed by atoms with E-state index in [1.807, 2.05) is 0 Å². The fraction of sp³-hybridized carbons (Fsp3) is 1.00. The van der Waals surface area contributed by atoms with E-state index >= 15 is 0 Å². The minimum atomic E-state index is 0.820. The summed E-state index contributed by atoms with van der Waals surface area (Å²) in [7, 11) is 0. The number of unbranched alkanes of at least 4 members (excludes halogenated alkanes) is 3. The van der Waals surface area contributed by atoms with Gasteiger partial charge in [-0.25, -0.2) is 0 Å². The van der Waals surface area contributed by atoms with Crippen molar-refractivity contribution >= 4 is 0 Å². The molecule has 2 aliphatic heterocycles. The molecule has 2 aliphatic rings. The molecule has 0 aromatic rings. The molecule has 2 heterocycles. The highest BCUT2D eigenvalue weighted by Crippen LogP contribution is 2.26. The van der Waals surface area contributed by atoms with E-state index in [0.29, 0.717) is 0 Å². The molecule has 2 heteroatoms. The zero-order chi connectivity index (χ0) is 11.2. The van der Waals surface area contributed by atoms with Gasteiger partial charge in [0, 0.05) is 12.1 Å². The Bertz CT molecular complexity index is 193. The number of nitrogens with one attached hydrogen (secondary N) is 1. The zero-order valence-corrected chi connectivity index (χ0v) is 10.9. The molecule has 2 saturated heterocycles. The summed E-state index contributed by atoms with van der Waals surface area (Å²) in [5, 5.41) is 3.77. The van der Waals surface area contributed by atoms with Gasteiger partial charge in [0.15, 0.2) is 0 Å². The lowest BCUT2D eigenvalue weighted by atomic mass is 9.97. The third kappa shape index (κ3) is 3.46. The van der Waals surface area contributed by atoms with E-state index < -0.39 is 0 Å². The summed E-state index contributed by atoms with van der Waals surface area (Å²) in [5.74, 6) is 0. The zero-order valence-electron chi connectivity index (χ0n) is 10.9. The van der Waals surface area contributed by atoms with Crippen molar-refractivity contribution in [2.75, 3.05) is 19.6 Å². The molecule has 2 unspecified atom stereocenters. The molecule has 0 radical (unpaired) electrons. The van der Waals surface area contributed by atoms with Gasteiger partial charge in [-0.1, -0.05) is 26.2 Å². The molecule has 2 fully saturated rings. The van der Waals surface area contributed by atoms with Gasteiger partial charge in [-0.3, -0.25) is 0 Å². The second-order valence-corrected chi connectivity index (χ2v) is 5.57. The molecule has 0 amide bonds. The van der Waals surface area contributed by atoms with Gasteiger partial charge < -0.3 is 10.2 Å². The third-order valence-electron chi connectivity index (χ3n) is 4.28. The Morgan fingerprint density at radius 1 is 1.12 bits per heavy atom. The largest absolute Gasteiger partial charge is 0.314 e. The number of nitrogens with zero attached hydrogens (tertiary/aromatic N) is 1. The minimum Gasteiger partial charge on any atom is -0.314 e. The molecule has 0 aromatic carbocycles. The molecule has 0 aromatic heterocycles. The Kier molecular flexibility index (Phi) is 5.11. The molecule has 1 N–H and O–H groups in total. The third-order valence-corrected chi connectivity index (χ3v) is 4.28. The maximum absolute atomic E-state index is 3.77. The minimum absolute atomic E-state index is 0.820. The molecule has 0 saturated carbocycles. The van der Waals surface area contributed by atoms with Crippen molar-refractivity contribution in [2.45, 2.75) is 70.4 Å². The Labute approximate surface area is 101 Å². The fourth-order valence-electron chi connectivity index (χ4n) is 3.27. The maximum Gasteiger partial charge on any atom is 0.0111 e. The van der Waals surface area contributed by atoms with E-state index in [4.69, 9.17) is 0 Å². The monoisotopic (exact) mass is 224 g/mol. The first-order valence-electron chi connectivity index (χ1n) is 7.37. The summed E-state index contributed by atoms with van der Waals surface area (Å²) in [6.45, 7) is 6.24. The van der Waals surface area contributed by atoms with Crippen molar-refractivity contribution in [3.8, 4) is 0 Å². The van der Waals surface area contributed by atoms with Crippen molar-refractivity contribution in [1.29, 1.82) is 0 Å². The second kappa shape index (κ2) is 6.61. The van der Waals surface area contributed by atoms with Crippen molar-refractivity contribution in [2.24, 2.45) is 0 Å². The van der Waals surface area contributed by atoms with Crippen LogP contribution in [0, 0.1) is 0 Å². The predicted molar refractivity (Wildman–Crippen MR) is 69.8 cm³/mol. The van der Waals surface area contributed by atoms with E-state index in [9.17, 15) is 0 Å². The van der Waals surface area contributed by atoms with Gasteiger partial charge >= 0.3 is 0 Å². The Morgan fingerprint density at radius 3 is 2.94 bits per heavy atom. The highest BCUT2D eigenvalue weighted by Gasteiger charge is 2.31. The average Bonchev–Trinajstić information content (AvgIpc) is 2.76. The number of rotatable bonds is 6. The van der Waals surface area contributed by atoms with Crippen molar-refractivity contribution in [3.63, 3.8) is 0 Å². The topological polar surface area (TPSA) is 15.3 Å². The van der Waals surface area contributed by atoms with Crippen molar-refractivity contribution in [3.05, 3.63) is 0 Å². The van der Waals surface area contributed by atoms with Crippen LogP contribution < -0.4 is 5.32 Å². The standard InChI is InChI=1S/C14H28N2/c1-2-3-4-5-9-15-13-8-11-16-10-6-7-14(16)12-13/h13-15H,2-12H2,1H3. The normalized spacial score (nSPS) is 30.6. The Balaban J connectivity index is 1.56. The van der Waals surface area contributed by atoms with E-state index in [1.165, 1.54) is 71.0 Å². The van der Waals surface area contributed by atoms with Crippen LogP contribution in [-0.2, 0) is 0 Å². The Morgan fingerprint density at radius 2 is 2.06 bits per heavy atom. The molecule has 0 spiro atoms. The summed E-state index contributed by atoms with van der Waals surface area (Å²) in [4.78, 5) is 2.70. The highest BCUT2D eigenvalue weighted by atomic mass is 15.2. The summed E-state index contributed by atoms with van der Waals surface area (Å²) < 4.78 is 0. The Hall–Kier alpha value is -0.0800. The lowest BCUT2D eigenvalue weighted by Crippen LogP contribution is -2.45. The number of fused-ring (bicyclic) bond motifs is 1. The molecule has 94 valence electrons.